The number of carbonyl (C=O) groups is 1. The van der Waals surface area contributed by atoms with Gasteiger partial charge in [-0.25, -0.2) is 14.8 Å². The number of amides is 2. The van der Waals surface area contributed by atoms with Crippen molar-refractivity contribution in [1.82, 2.24) is 9.97 Å². The number of carbonyl (C=O) groups excluding carboxylic acids is 1. The summed E-state index contributed by atoms with van der Waals surface area (Å²) in [6.45, 7) is 7.08. The van der Waals surface area contributed by atoms with Crippen molar-refractivity contribution in [3.05, 3.63) is 69.6 Å². The molecule has 8 nitrogen and oxygen atoms in total. The van der Waals surface area contributed by atoms with Gasteiger partial charge in [0.15, 0.2) is 0 Å². The molecule has 3 aromatic rings. The zero-order chi connectivity index (χ0) is 28.7. The topological polar surface area (TPSA) is 77.0 Å². The molecule has 1 unspecified atom stereocenters. The number of benzene rings is 2. The Morgan fingerprint density at radius 3 is 2.15 bits per heavy atom. The molecule has 0 saturated carbocycles. The van der Waals surface area contributed by atoms with Crippen molar-refractivity contribution in [2.45, 2.75) is 29.7 Å². The number of aromatic nitrogens is 2. The van der Waals surface area contributed by atoms with Crippen molar-refractivity contribution in [2.75, 3.05) is 37.4 Å². The minimum Gasteiger partial charge on any atom is -0.495 e. The predicted octanol–water partition coefficient (Wildman–Crippen LogP) is 8.33. The standard InChI is InChI=1S/C26H30Cl3IN4O4Si/c1-36-18-13-19(37-2)23(29)24(22(18)28)33(16-38-11-12-39(3,4)5)26(35)34(21-14-20(27)31-15-32-21)25(30)17-9-7-6-8-10-17/h6-10,13-15,25H,11-12,16H2,1-5H3. The van der Waals surface area contributed by atoms with E-state index in [1.54, 1.807) is 6.07 Å². The Kier molecular flexibility index (Phi) is 11.5. The minimum absolute atomic E-state index is 0.132. The number of hydrogen-bond donors (Lipinski definition) is 0. The molecule has 0 bridgehead atoms. The summed E-state index contributed by atoms with van der Waals surface area (Å²) in [4.78, 5) is 25.7. The first-order valence-corrected chi connectivity index (χ1v) is 18.0. The fraction of sp³-hybridized carbons (Fsp3) is 0.346. The minimum atomic E-state index is -1.39. The lowest BCUT2D eigenvalue weighted by molar-refractivity contribution is 0.148. The van der Waals surface area contributed by atoms with Gasteiger partial charge in [0.25, 0.3) is 0 Å². The molecule has 0 radical (unpaired) electrons. The van der Waals surface area contributed by atoms with E-state index < -0.39 is 18.2 Å². The molecule has 1 aromatic heterocycles. The van der Waals surface area contributed by atoms with Gasteiger partial charge < -0.3 is 14.2 Å². The number of anilines is 2. The van der Waals surface area contributed by atoms with Gasteiger partial charge in [0, 0.05) is 26.8 Å². The van der Waals surface area contributed by atoms with Crippen molar-refractivity contribution in [3.63, 3.8) is 0 Å². The summed E-state index contributed by atoms with van der Waals surface area (Å²) in [5.74, 6) is 0.870. The van der Waals surface area contributed by atoms with E-state index in [0.29, 0.717) is 18.1 Å². The van der Waals surface area contributed by atoms with Crippen molar-refractivity contribution in [1.29, 1.82) is 0 Å². The zero-order valence-electron chi connectivity index (χ0n) is 22.3. The number of nitrogens with zero attached hydrogens (tertiary/aromatic N) is 4. The van der Waals surface area contributed by atoms with Crippen LogP contribution in [0.3, 0.4) is 0 Å². The number of alkyl halides is 1. The Bertz CT molecular complexity index is 1260. The second-order valence-corrected chi connectivity index (χ2v) is 17.6. The average molecular weight is 724 g/mol. The van der Waals surface area contributed by atoms with Gasteiger partial charge in [-0.15, -0.1) is 0 Å². The average Bonchev–Trinajstić information content (AvgIpc) is 2.90. The largest absolute Gasteiger partial charge is 0.495 e. The van der Waals surface area contributed by atoms with Gasteiger partial charge in [-0.2, -0.15) is 0 Å². The molecule has 210 valence electrons. The van der Waals surface area contributed by atoms with Crippen molar-refractivity contribution < 1.29 is 19.0 Å². The van der Waals surface area contributed by atoms with E-state index in [-0.39, 0.29) is 33.4 Å². The summed E-state index contributed by atoms with van der Waals surface area (Å²) >= 11 is 21.9. The molecule has 1 heterocycles. The Hall–Kier alpha value is -1.83. The van der Waals surface area contributed by atoms with E-state index in [0.717, 1.165) is 11.6 Å². The quantitative estimate of drug-likeness (QED) is 0.0377. The highest BCUT2D eigenvalue weighted by molar-refractivity contribution is 14.1. The van der Waals surface area contributed by atoms with Crippen LogP contribution < -0.4 is 19.3 Å². The molecule has 39 heavy (non-hydrogen) atoms. The highest BCUT2D eigenvalue weighted by Crippen LogP contribution is 2.47. The fourth-order valence-corrected chi connectivity index (χ4v) is 6.06. The van der Waals surface area contributed by atoms with E-state index >= 15 is 0 Å². The first kappa shape index (κ1) is 31.7. The van der Waals surface area contributed by atoms with Gasteiger partial charge in [0.05, 0.1) is 19.9 Å². The van der Waals surface area contributed by atoms with Gasteiger partial charge in [-0.05, 0) is 11.6 Å². The SMILES string of the molecule is COc1cc(OC)c(Cl)c(N(COCC[Si](C)(C)C)C(=O)N(c2cc(Cl)ncn2)C(I)c2ccccc2)c1Cl. The van der Waals surface area contributed by atoms with Crippen LogP contribution in [0.1, 0.15) is 9.61 Å². The number of hydrogen-bond acceptors (Lipinski definition) is 6. The molecule has 2 aromatic carbocycles. The van der Waals surface area contributed by atoms with E-state index in [2.05, 4.69) is 52.2 Å². The number of rotatable bonds is 11. The lowest BCUT2D eigenvalue weighted by atomic mass is 10.2. The highest BCUT2D eigenvalue weighted by atomic mass is 127. The summed E-state index contributed by atoms with van der Waals surface area (Å²) in [7, 11) is 1.55. The molecule has 0 saturated heterocycles. The van der Waals surface area contributed by atoms with Gasteiger partial charge in [-0.1, -0.05) is 107 Å². The third kappa shape index (κ3) is 8.11. The van der Waals surface area contributed by atoms with E-state index in [1.165, 1.54) is 36.4 Å². The molecule has 2 amide bonds. The second-order valence-electron chi connectivity index (χ2n) is 9.63. The molecule has 13 heteroatoms. The molecule has 0 fully saturated rings. The Morgan fingerprint density at radius 2 is 1.62 bits per heavy atom. The maximum absolute atomic E-state index is 14.5. The Balaban J connectivity index is 2.16. The third-order valence-corrected chi connectivity index (χ3v) is 9.56. The molecule has 0 aliphatic rings. The fourth-order valence-electron chi connectivity index (χ4n) is 3.52. The van der Waals surface area contributed by atoms with Crippen LogP contribution in [0, 0.1) is 0 Å². The number of methoxy groups -OCH3 is 2. The summed E-state index contributed by atoms with van der Waals surface area (Å²) in [6.07, 6.45) is 1.30. The summed E-state index contributed by atoms with van der Waals surface area (Å²) < 4.78 is 16.5. The van der Waals surface area contributed by atoms with Gasteiger partial charge in [0.1, 0.15) is 49.6 Å². The van der Waals surface area contributed by atoms with Crippen molar-refractivity contribution in [2.24, 2.45) is 0 Å². The monoisotopic (exact) mass is 722 g/mol. The molecule has 0 aliphatic heterocycles. The van der Waals surface area contributed by atoms with Crippen LogP contribution in [-0.2, 0) is 4.74 Å². The van der Waals surface area contributed by atoms with Gasteiger partial charge >= 0.3 is 6.03 Å². The first-order chi connectivity index (χ1) is 18.5. The van der Waals surface area contributed by atoms with Crippen molar-refractivity contribution >= 4 is 83.0 Å². The molecular weight excluding hydrogens is 694 g/mol. The van der Waals surface area contributed by atoms with Crippen LogP contribution in [0.4, 0.5) is 16.3 Å². The lowest BCUT2D eigenvalue weighted by Gasteiger charge is -2.34. The lowest BCUT2D eigenvalue weighted by Crippen LogP contribution is -2.46. The zero-order valence-corrected chi connectivity index (χ0v) is 27.7. The Labute approximate surface area is 258 Å². The van der Waals surface area contributed by atoms with E-state index in [4.69, 9.17) is 49.0 Å². The van der Waals surface area contributed by atoms with Gasteiger partial charge in [0.2, 0.25) is 0 Å². The van der Waals surface area contributed by atoms with Crippen molar-refractivity contribution in [3.8, 4) is 11.5 Å². The summed E-state index contributed by atoms with van der Waals surface area (Å²) in [5, 5.41) is 0.457. The van der Waals surface area contributed by atoms with Crippen LogP contribution in [0.15, 0.2) is 48.8 Å². The molecule has 3 rings (SSSR count). The number of halogens is 4. The molecule has 0 spiro atoms. The normalized spacial score (nSPS) is 12.1. The molecule has 0 aliphatic carbocycles. The Morgan fingerprint density at radius 1 is 1.00 bits per heavy atom. The summed E-state index contributed by atoms with van der Waals surface area (Å²) in [6, 6.07) is 13.0. The second kappa shape index (κ2) is 14.2. The van der Waals surface area contributed by atoms with E-state index in [1.807, 2.05) is 30.3 Å². The summed E-state index contributed by atoms with van der Waals surface area (Å²) in [5.41, 5.74) is 1.05. The number of ether oxygens (including phenoxy) is 3. The van der Waals surface area contributed by atoms with Crippen LogP contribution in [0.5, 0.6) is 11.5 Å². The molecule has 1 atom stereocenters. The van der Waals surface area contributed by atoms with Gasteiger partial charge in [-0.3, -0.25) is 9.80 Å². The third-order valence-electron chi connectivity index (χ3n) is 5.64. The maximum atomic E-state index is 14.5. The van der Waals surface area contributed by atoms with Crippen LogP contribution in [-0.4, -0.2) is 51.6 Å². The first-order valence-electron chi connectivity index (χ1n) is 11.9. The number of urea groups is 1. The van der Waals surface area contributed by atoms with E-state index in [9.17, 15) is 4.79 Å². The molecule has 0 N–H and O–H groups in total. The van der Waals surface area contributed by atoms with Crippen LogP contribution in [0.25, 0.3) is 0 Å². The van der Waals surface area contributed by atoms with Crippen LogP contribution >= 0.6 is 57.4 Å². The predicted molar refractivity (Wildman–Crippen MR) is 169 cm³/mol. The van der Waals surface area contributed by atoms with Crippen LogP contribution in [0.2, 0.25) is 40.9 Å². The molecular formula is C26H30Cl3IN4O4Si. The smallest absolute Gasteiger partial charge is 0.333 e. The highest BCUT2D eigenvalue weighted by Gasteiger charge is 2.35. The maximum Gasteiger partial charge on any atom is 0.333 e.